The molecule has 1 aliphatic rings. The van der Waals surface area contributed by atoms with Crippen LogP contribution in [0.3, 0.4) is 0 Å². The van der Waals surface area contributed by atoms with E-state index in [1.54, 1.807) is 6.92 Å². The van der Waals surface area contributed by atoms with Crippen LogP contribution in [0, 0.1) is 6.92 Å². The van der Waals surface area contributed by atoms with E-state index >= 15 is 0 Å². The first kappa shape index (κ1) is 11.7. The normalized spacial score (nSPS) is 13.2. The molecule has 0 unspecified atom stereocenters. The molecule has 2 heterocycles. The second-order valence-corrected chi connectivity index (χ2v) is 4.16. The molecule has 0 radical (unpaired) electrons. The Labute approximate surface area is 110 Å². The van der Waals surface area contributed by atoms with E-state index in [1.165, 1.54) is 0 Å². The average molecular weight is 258 g/mol. The quantitative estimate of drug-likeness (QED) is 0.883. The van der Waals surface area contributed by atoms with Gasteiger partial charge in [-0.05, 0) is 25.1 Å². The van der Waals surface area contributed by atoms with E-state index in [0.717, 1.165) is 17.1 Å². The monoisotopic (exact) mass is 258 g/mol. The van der Waals surface area contributed by atoms with Gasteiger partial charge in [-0.1, -0.05) is 0 Å². The maximum absolute atomic E-state index is 5.57. The second-order valence-electron chi connectivity index (χ2n) is 4.16. The number of aromatic nitrogens is 3. The highest BCUT2D eigenvalue weighted by atomic mass is 16.6. The SMILES string of the molecule is CNc1nc(C)nnc1-c1ccc2c(c1)OCCO2. The van der Waals surface area contributed by atoms with Crippen molar-refractivity contribution in [2.24, 2.45) is 0 Å². The van der Waals surface area contributed by atoms with E-state index in [0.29, 0.717) is 30.5 Å². The molecule has 0 saturated heterocycles. The van der Waals surface area contributed by atoms with Gasteiger partial charge in [0.25, 0.3) is 0 Å². The number of aryl methyl sites for hydroxylation is 1. The van der Waals surface area contributed by atoms with Crippen molar-refractivity contribution >= 4 is 5.82 Å². The number of nitrogens with one attached hydrogen (secondary N) is 1. The molecule has 0 atom stereocenters. The number of nitrogens with zero attached hydrogens (tertiary/aromatic N) is 3. The zero-order valence-corrected chi connectivity index (χ0v) is 10.8. The third-order valence-corrected chi connectivity index (χ3v) is 2.85. The Hall–Kier alpha value is -2.37. The average Bonchev–Trinajstić information content (AvgIpc) is 2.46. The summed E-state index contributed by atoms with van der Waals surface area (Å²) >= 11 is 0. The van der Waals surface area contributed by atoms with Crippen molar-refractivity contribution in [2.75, 3.05) is 25.6 Å². The lowest BCUT2D eigenvalue weighted by Gasteiger charge is -2.19. The van der Waals surface area contributed by atoms with Crippen LogP contribution in [0.5, 0.6) is 11.5 Å². The third kappa shape index (κ3) is 2.16. The van der Waals surface area contributed by atoms with Gasteiger partial charge in [0.05, 0.1) is 0 Å². The van der Waals surface area contributed by atoms with Gasteiger partial charge >= 0.3 is 0 Å². The van der Waals surface area contributed by atoms with Gasteiger partial charge in [0, 0.05) is 12.6 Å². The van der Waals surface area contributed by atoms with Crippen LogP contribution in [0.2, 0.25) is 0 Å². The summed E-state index contributed by atoms with van der Waals surface area (Å²) in [5.74, 6) is 2.82. The Bertz CT molecular complexity index is 616. The molecule has 0 aliphatic carbocycles. The molecule has 98 valence electrons. The minimum Gasteiger partial charge on any atom is -0.486 e. The fourth-order valence-electron chi connectivity index (χ4n) is 1.97. The van der Waals surface area contributed by atoms with Gasteiger partial charge in [0.2, 0.25) is 0 Å². The molecule has 0 fully saturated rings. The summed E-state index contributed by atoms with van der Waals surface area (Å²) in [6, 6.07) is 5.70. The van der Waals surface area contributed by atoms with Crippen molar-refractivity contribution in [3.63, 3.8) is 0 Å². The highest BCUT2D eigenvalue weighted by molar-refractivity contribution is 5.73. The predicted molar refractivity (Wildman–Crippen MR) is 70.5 cm³/mol. The van der Waals surface area contributed by atoms with Crippen LogP contribution in [-0.2, 0) is 0 Å². The van der Waals surface area contributed by atoms with Crippen molar-refractivity contribution in [1.82, 2.24) is 15.2 Å². The molecule has 1 N–H and O–H groups in total. The Morgan fingerprint density at radius 1 is 1.11 bits per heavy atom. The van der Waals surface area contributed by atoms with Crippen LogP contribution in [0.4, 0.5) is 5.82 Å². The summed E-state index contributed by atoms with van der Waals surface area (Å²) in [5.41, 5.74) is 1.60. The number of hydrogen-bond donors (Lipinski definition) is 1. The predicted octanol–water partition coefficient (Wildman–Crippen LogP) is 1.66. The summed E-state index contributed by atoms with van der Waals surface area (Å²) in [6.07, 6.45) is 0. The fraction of sp³-hybridized carbons (Fsp3) is 0.308. The number of hydrogen-bond acceptors (Lipinski definition) is 6. The Morgan fingerprint density at radius 3 is 2.68 bits per heavy atom. The van der Waals surface area contributed by atoms with Crippen LogP contribution in [0.25, 0.3) is 11.3 Å². The second kappa shape index (κ2) is 4.72. The molecule has 6 heteroatoms. The largest absolute Gasteiger partial charge is 0.486 e. The van der Waals surface area contributed by atoms with E-state index in [9.17, 15) is 0 Å². The summed E-state index contributed by atoms with van der Waals surface area (Å²) in [5, 5.41) is 11.2. The molecule has 0 amide bonds. The Kier molecular flexibility index (Phi) is 2.91. The molecule has 3 rings (SSSR count). The molecular formula is C13H14N4O2. The van der Waals surface area contributed by atoms with Crippen molar-refractivity contribution in [1.29, 1.82) is 0 Å². The van der Waals surface area contributed by atoms with E-state index in [4.69, 9.17) is 9.47 Å². The van der Waals surface area contributed by atoms with Crippen molar-refractivity contribution in [2.45, 2.75) is 6.92 Å². The fourth-order valence-corrected chi connectivity index (χ4v) is 1.97. The van der Waals surface area contributed by atoms with Crippen LogP contribution < -0.4 is 14.8 Å². The topological polar surface area (TPSA) is 69.2 Å². The zero-order chi connectivity index (χ0) is 13.2. The molecule has 2 aromatic rings. The molecule has 0 bridgehead atoms. The molecule has 6 nitrogen and oxygen atoms in total. The third-order valence-electron chi connectivity index (χ3n) is 2.85. The molecule has 1 aliphatic heterocycles. The van der Waals surface area contributed by atoms with Gasteiger partial charge in [-0.3, -0.25) is 0 Å². The summed E-state index contributed by atoms with van der Waals surface area (Å²) in [6.45, 7) is 2.95. The van der Waals surface area contributed by atoms with Gasteiger partial charge in [-0.25, -0.2) is 4.98 Å². The first-order valence-electron chi connectivity index (χ1n) is 6.07. The standard InChI is InChI=1S/C13H14N4O2/c1-8-15-13(14-2)12(17-16-8)9-3-4-10-11(7-9)19-6-5-18-10/h3-4,7H,5-6H2,1-2H3,(H,14,15,16). The number of ether oxygens (including phenoxy) is 2. The highest BCUT2D eigenvalue weighted by Crippen LogP contribution is 2.35. The number of anilines is 1. The molecule has 19 heavy (non-hydrogen) atoms. The number of rotatable bonds is 2. The van der Waals surface area contributed by atoms with E-state index < -0.39 is 0 Å². The van der Waals surface area contributed by atoms with Gasteiger partial charge < -0.3 is 14.8 Å². The van der Waals surface area contributed by atoms with Crippen LogP contribution in [0.15, 0.2) is 18.2 Å². The smallest absolute Gasteiger partial charge is 0.162 e. The van der Waals surface area contributed by atoms with Gasteiger partial charge in [-0.2, -0.15) is 0 Å². The summed E-state index contributed by atoms with van der Waals surface area (Å²) in [7, 11) is 1.81. The molecule has 1 aromatic heterocycles. The maximum atomic E-state index is 5.57. The van der Waals surface area contributed by atoms with Gasteiger partial charge in [-0.15, -0.1) is 10.2 Å². The Balaban J connectivity index is 2.07. The number of fused-ring (bicyclic) bond motifs is 1. The number of benzene rings is 1. The lowest BCUT2D eigenvalue weighted by molar-refractivity contribution is 0.171. The maximum Gasteiger partial charge on any atom is 0.162 e. The lowest BCUT2D eigenvalue weighted by Crippen LogP contribution is -2.15. The molecule has 0 saturated carbocycles. The van der Waals surface area contributed by atoms with E-state index in [1.807, 2.05) is 25.2 Å². The van der Waals surface area contributed by atoms with Crippen molar-refractivity contribution in [3.8, 4) is 22.8 Å². The van der Waals surface area contributed by atoms with Crippen molar-refractivity contribution in [3.05, 3.63) is 24.0 Å². The molecule has 0 spiro atoms. The molecular weight excluding hydrogens is 244 g/mol. The Morgan fingerprint density at radius 2 is 1.89 bits per heavy atom. The van der Waals surface area contributed by atoms with Gasteiger partial charge in [0.1, 0.15) is 24.7 Å². The van der Waals surface area contributed by atoms with Crippen molar-refractivity contribution < 1.29 is 9.47 Å². The summed E-state index contributed by atoms with van der Waals surface area (Å²) < 4.78 is 11.1. The van der Waals surface area contributed by atoms with E-state index in [-0.39, 0.29) is 0 Å². The molecule has 1 aromatic carbocycles. The first-order chi connectivity index (χ1) is 9.28. The van der Waals surface area contributed by atoms with Crippen LogP contribution >= 0.6 is 0 Å². The van der Waals surface area contributed by atoms with E-state index in [2.05, 4.69) is 20.5 Å². The van der Waals surface area contributed by atoms with Crippen LogP contribution in [0.1, 0.15) is 5.82 Å². The highest BCUT2D eigenvalue weighted by Gasteiger charge is 2.15. The first-order valence-corrected chi connectivity index (χ1v) is 6.07. The zero-order valence-electron chi connectivity index (χ0n) is 10.8. The lowest BCUT2D eigenvalue weighted by atomic mass is 10.1. The van der Waals surface area contributed by atoms with Crippen LogP contribution in [-0.4, -0.2) is 35.4 Å². The van der Waals surface area contributed by atoms with Gasteiger partial charge in [0.15, 0.2) is 17.3 Å². The minimum absolute atomic E-state index is 0.563. The summed E-state index contributed by atoms with van der Waals surface area (Å²) in [4.78, 5) is 4.32. The minimum atomic E-state index is 0.563.